The van der Waals surface area contributed by atoms with Crippen LogP contribution in [0.25, 0.3) is 0 Å². The van der Waals surface area contributed by atoms with Crippen molar-refractivity contribution < 1.29 is 0 Å². The average molecular weight is 275 g/mol. The van der Waals surface area contributed by atoms with Gasteiger partial charge in [-0.05, 0) is 57.2 Å². The zero-order valence-electron chi connectivity index (χ0n) is 13.7. The third-order valence-corrected chi connectivity index (χ3v) is 4.11. The second kappa shape index (κ2) is 6.21. The van der Waals surface area contributed by atoms with Crippen LogP contribution in [0.4, 0.5) is 0 Å². The Morgan fingerprint density at radius 2 is 2.00 bits per heavy atom. The predicted molar refractivity (Wildman–Crippen MR) is 84.1 cm³/mol. The molecule has 1 aromatic heterocycles. The van der Waals surface area contributed by atoms with Gasteiger partial charge in [0.15, 0.2) is 0 Å². The molecule has 1 heterocycles. The minimum atomic E-state index is 0.0410. The van der Waals surface area contributed by atoms with Gasteiger partial charge in [0.1, 0.15) is 5.82 Å². The summed E-state index contributed by atoms with van der Waals surface area (Å²) in [6.07, 6.45) is 4.71. The van der Waals surface area contributed by atoms with Crippen LogP contribution < -0.4 is 5.32 Å². The van der Waals surface area contributed by atoms with E-state index in [0.717, 1.165) is 37.7 Å². The summed E-state index contributed by atoms with van der Waals surface area (Å²) < 4.78 is 0. The Balaban J connectivity index is 2.13. The van der Waals surface area contributed by atoms with Crippen LogP contribution in [0.3, 0.4) is 0 Å². The van der Waals surface area contributed by atoms with Crippen molar-refractivity contribution in [1.29, 1.82) is 0 Å². The minimum absolute atomic E-state index is 0.0410. The van der Waals surface area contributed by atoms with E-state index in [1.54, 1.807) is 0 Å². The molecule has 0 saturated heterocycles. The maximum Gasteiger partial charge on any atom is 0.134 e. The van der Waals surface area contributed by atoms with Gasteiger partial charge >= 0.3 is 0 Å². The number of hydrogen-bond donors (Lipinski definition) is 1. The summed E-state index contributed by atoms with van der Waals surface area (Å²) >= 11 is 0. The molecule has 3 nitrogen and oxygen atoms in total. The number of aryl methyl sites for hydroxylation is 2. The third kappa shape index (κ3) is 3.57. The summed E-state index contributed by atoms with van der Waals surface area (Å²) in [5.74, 6) is 1.74. The predicted octanol–water partition coefficient (Wildman–Crippen LogP) is 3.19. The van der Waals surface area contributed by atoms with Crippen LogP contribution in [-0.4, -0.2) is 23.1 Å². The highest BCUT2D eigenvalue weighted by atomic mass is 14.9. The van der Waals surface area contributed by atoms with Gasteiger partial charge in [0.2, 0.25) is 0 Å². The van der Waals surface area contributed by atoms with Gasteiger partial charge < -0.3 is 5.32 Å². The van der Waals surface area contributed by atoms with Crippen molar-refractivity contribution in [1.82, 2.24) is 15.3 Å². The fraction of sp³-hybridized carbons (Fsp3) is 0.765. The molecule has 1 N–H and O–H groups in total. The normalized spacial score (nSPS) is 18.9. The molecular formula is C17H29N3. The lowest BCUT2D eigenvalue weighted by atomic mass is 9.85. The topological polar surface area (TPSA) is 37.8 Å². The Kier molecular flexibility index (Phi) is 4.79. The highest BCUT2D eigenvalue weighted by Crippen LogP contribution is 2.28. The molecule has 0 aliphatic heterocycles. The Hall–Kier alpha value is -0.960. The first-order chi connectivity index (χ1) is 9.41. The van der Waals surface area contributed by atoms with E-state index in [2.05, 4.69) is 39.9 Å². The van der Waals surface area contributed by atoms with Crippen LogP contribution in [0.2, 0.25) is 0 Å². The fourth-order valence-corrected chi connectivity index (χ4v) is 2.85. The van der Waals surface area contributed by atoms with E-state index in [4.69, 9.17) is 9.97 Å². The number of nitrogens with one attached hydrogen (secondary N) is 1. The molecule has 1 aliphatic carbocycles. The molecule has 20 heavy (non-hydrogen) atoms. The average Bonchev–Trinajstić information content (AvgIpc) is 2.38. The SMILES string of the molecule is CCCNCC1CCc2nc(C(C)(C)C)nc(C)c2C1. The molecule has 0 aromatic carbocycles. The van der Waals surface area contributed by atoms with Crippen LogP contribution in [-0.2, 0) is 18.3 Å². The molecule has 1 atom stereocenters. The Morgan fingerprint density at radius 1 is 1.25 bits per heavy atom. The van der Waals surface area contributed by atoms with Crippen molar-refractivity contribution in [2.24, 2.45) is 5.92 Å². The smallest absolute Gasteiger partial charge is 0.134 e. The molecule has 0 radical (unpaired) electrons. The van der Waals surface area contributed by atoms with Crippen LogP contribution in [0.1, 0.15) is 63.3 Å². The van der Waals surface area contributed by atoms with Crippen LogP contribution in [0.15, 0.2) is 0 Å². The van der Waals surface area contributed by atoms with Gasteiger partial charge in [0.25, 0.3) is 0 Å². The molecule has 1 aromatic rings. The van der Waals surface area contributed by atoms with E-state index in [1.807, 2.05) is 0 Å². The van der Waals surface area contributed by atoms with E-state index in [9.17, 15) is 0 Å². The Morgan fingerprint density at radius 3 is 2.65 bits per heavy atom. The van der Waals surface area contributed by atoms with Crippen LogP contribution in [0.5, 0.6) is 0 Å². The molecular weight excluding hydrogens is 246 g/mol. The lowest BCUT2D eigenvalue weighted by Crippen LogP contribution is -2.30. The molecule has 1 aliphatic rings. The highest BCUT2D eigenvalue weighted by molar-refractivity contribution is 5.29. The maximum absolute atomic E-state index is 4.84. The highest BCUT2D eigenvalue weighted by Gasteiger charge is 2.25. The van der Waals surface area contributed by atoms with Crippen molar-refractivity contribution in [3.05, 3.63) is 22.8 Å². The van der Waals surface area contributed by atoms with Gasteiger partial charge in [0, 0.05) is 16.8 Å². The lowest BCUT2D eigenvalue weighted by Gasteiger charge is -2.27. The standard InChI is InChI=1S/C17H29N3/c1-6-9-18-11-13-7-8-15-14(10-13)12(2)19-16(20-15)17(3,4)5/h13,18H,6-11H2,1-5H3. The monoisotopic (exact) mass is 275 g/mol. The third-order valence-electron chi connectivity index (χ3n) is 4.11. The van der Waals surface area contributed by atoms with Gasteiger partial charge in [-0.2, -0.15) is 0 Å². The summed E-state index contributed by atoms with van der Waals surface area (Å²) in [6, 6.07) is 0. The van der Waals surface area contributed by atoms with Crippen LogP contribution >= 0.6 is 0 Å². The molecule has 0 spiro atoms. The van der Waals surface area contributed by atoms with Crippen molar-refractivity contribution in [2.75, 3.05) is 13.1 Å². The second-order valence-electron chi connectivity index (χ2n) is 7.12. The quantitative estimate of drug-likeness (QED) is 0.858. The zero-order valence-corrected chi connectivity index (χ0v) is 13.7. The first-order valence-corrected chi connectivity index (χ1v) is 7.99. The van der Waals surface area contributed by atoms with E-state index >= 15 is 0 Å². The summed E-state index contributed by atoms with van der Waals surface area (Å²) in [4.78, 5) is 9.60. The largest absolute Gasteiger partial charge is 0.316 e. The molecule has 1 unspecified atom stereocenters. The number of hydrogen-bond acceptors (Lipinski definition) is 3. The van der Waals surface area contributed by atoms with E-state index in [0.29, 0.717) is 0 Å². The molecule has 112 valence electrons. The summed E-state index contributed by atoms with van der Waals surface area (Å²) in [5, 5.41) is 3.55. The van der Waals surface area contributed by atoms with Gasteiger partial charge in [0.05, 0.1) is 0 Å². The van der Waals surface area contributed by atoms with E-state index in [-0.39, 0.29) is 5.41 Å². The molecule has 0 fully saturated rings. The molecule has 2 rings (SSSR count). The van der Waals surface area contributed by atoms with Gasteiger partial charge in [-0.3, -0.25) is 0 Å². The lowest BCUT2D eigenvalue weighted by molar-refractivity contribution is 0.414. The van der Waals surface area contributed by atoms with E-state index in [1.165, 1.54) is 29.8 Å². The number of aromatic nitrogens is 2. The van der Waals surface area contributed by atoms with Gasteiger partial charge in [-0.15, -0.1) is 0 Å². The minimum Gasteiger partial charge on any atom is -0.316 e. The van der Waals surface area contributed by atoms with E-state index < -0.39 is 0 Å². The fourth-order valence-electron chi connectivity index (χ4n) is 2.85. The molecule has 0 bridgehead atoms. The van der Waals surface area contributed by atoms with Crippen molar-refractivity contribution in [2.45, 2.75) is 65.7 Å². The number of nitrogens with zero attached hydrogens (tertiary/aromatic N) is 2. The summed E-state index contributed by atoms with van der Waals surface area (Å²) in [6.45, 7) is 13.2. The van der Waals surface area contributed by atoms with Crippen LogP contribution in [0, 0.1) is 12.8 Å². The number of fused-ring (bicyclic) bond motifs is 1. The maximum atomic E-state index is 4.84. The van der Waals surface area contributed by atoms with Gasteiger partial charge in [-0.1, -0.05) is 27.7 Å². The molecule has 3 heteroatoms. The van der Waals surface area contributed by atoms with Crippen molar-refractivity contribution in [3.8, 4) is 0 Å². The van der Waals surface area contributed by atoms with Crippen molar-refractivity contribution >= 4 is 0 Å². The second-order valence-corrected chi connectivity index (χ2v) is 7.12. The Bertz CT molecular complexity index is 460. The first-order valence-electron chi connectivity index (χ1n) is 7.99. The summed E-state index contributed by atoms with van der Waals surface area (Å²) in [5.41, 5.74) is 3.95. The zero-order chi connectivity index (χ0) is 14.8. The van der Waals surface area contributed by atoms with Crippen molar-refractivity contribution in [3.63, 3.8) is 0 Å². The number of rotatable bonds is 4. The summed E-state index contributed by atoms with van der Waals surface area (Å²) in [7, 11) is 0. The Labute approximate surface area is 123 Å². The first kappa shape index (κ1) is 15.4. The van der Waals surface area contributed by atoms with Gasteiger partial charge in [-0.25, -0.2) is 9.97 Å². The molecule has 0 saturated carbocycles. The molecule has 0 amide bonds.